The molecule has 0 spiro atoms. The summed E-state index contributed by atoms with van der Waals surface area (Å²) in [5.74, 6) is -0.166. The molecule has 2 aromatic heterocycles. The maximum atomic E-state index is 12.3. The van der Waals surface area contributed by atoms with Gasteiger partial charge in [0.2, 0.25) is 0 Å². The van der Waals surface area contributed by atoms with Crippen LogP contribution >= 0.6 is 24.2 Å². The molecule has 0 saturated carbocycles. The summed E-state index contributed by atoms with van der Waals surface area (Å²) in [6, 6.07) is 5.85. The lowest BCUT2D eigenvalue weighted by Crippen LogP contribution is -2.30. The molecule has 0 aliphatic carbocycles. The SMILES string of the molecule is CCCC=C1SC(=O)N(CCc2cccc3nccn23)C1=O.Cl. The summed E-state index contributed by atoms with van der Waals surface area (Å²) in [6.45, 7) is 2.44. The van der Waals surface area contributed by atoms with Gasteiger partial charge in [0.05, 0.1) is 4.91 Å². The average Bonchev–Trinajstić information content (AvgIpc) is 3.09. The smallest absolute Gasteiger partial charge is 0.293 e. The summed E-state index contributed by atoms with van der Waals surface area (Å²) in [6.07, 6.45) is 7.90. The Morgan fingerprint density at radius 3 is 2.91 bits per heavy atom. The van der Waals surface area contributed by atoms with E-state index < -0.39 is 0 Å². The van der Waals surface area contributed by atoms with Crippen LogP contribution in [0.2, 0.25) is 0 Å². The Morgan fingerprint density at radius 1 is 1.30 bits per heavy atom. The Morgan fingerprint density at radius 2 is 2.13 bits per heavy atom. The van der Waals surface area contributed by atoms with E-state index in [4.69, 9.17) is 0 Å². The van der Waals surface area contributed by atoms with E-state index in [1.54, 1.807) is 6.20 Å². The molecule has 1 fully saturated rings. The van der Waals surface area contributed by atoms with Crippen LogP contribution in [0.25, 0.3) is 5.65 Å². The number of carbonyl (C=O) groups excluding carboxylic acids is 2. The van der Waals surface area contributed by atoms with Crippen LogP contribution in [0, 0.1) is 0 Å². The fraction of sp³-hybridized carbons (Fsp3) is 0.312. The summed E-state index contributed by atoms with van der Waals surface area (Å²) < 4.78 is 1.98. The van der Waals surface area contributed by atoms with Crippen LogP contribution in [0.4, 0.5) is 4.79 Å². The van der Waals surface area contributed by atoms with Crippen molar-refractivity contribution in [3.63, 3.8) is 0 Å². The van der Waals surface area contributed by atoms with Gasteiger partial charge in [0.25, 0.3) is 11.1 Å². The molecule has 1 saturated heterocycles. The molecular formula is C16H18ClN3O2S. The highest BCUT2D eigenvalue weighted by Gasteiger charge is 2.34. The molecule has 23 heavy (non-hydrogen) atoms. The lowest BCUT2D eigenvalue weighted by atomic mass is 10.2. The third-order valence-corrected chi connectivity index (χ3v) is 4.55. The minimum absolute atomic E-state index is 0. The summed E-state index contributed by atoms with van der Waals surface area (Å²) in [4.78, 5) is 30.4. The summed E-state index contributed by atoms with van der Waals surface area (Å²) in [7, 11) is 0. The van der Waals surface area contributed by atoms with Gasteiger partial charge in [-0.2, -0.15) is 0 Å². The van der Waals surface area contributed by atoms with Gasteiger partial charge < -0.3 is 4.40 Å². The highest BCUT2D eigenvalue weighted by Crippen LogP contribution is 2.31. The van der Waals surface area contributed by atoms with Gasteiger partial charge in [-0.25, -0.2) is 4.98 Å². The third kappa shape index (κ3) is 3.59. The molecule has 0 bridgehead atoms. The second-order valence-electron chi connectivity index (χ2n) is 5.10. The molecule has 0 unspecified atom stereocenters. The molecule has 1 aliphatic rings. The number of nitrogens with zero attached hydrogens (tertiary/aromatic N) is 3. The lowest BCUT2D eigenvalue weighted by molar-refractivity contribution is -0.122. The Labute approximate surface area is 145 Å². The van der Waals surface area contributed by atoms with Gasteiger partial charge in [-0.1, -0.05) is 25.5 Å². The number of amides is 2. The van der Waals surface area contributed by atoms with Crippen molar-refractivity contribution in [2.24, 2.45) is 0 Å². The van der Waals surface area contributed by atoms with E-state index in [-0.39, 0.29) is 23.6 Å². The average molecular weight is 352 g/mol. The zero-order valence-electron chi connectivity index (χ0n) is 12.8. The van der Waals surface area contributed by atoms with Gasteiger partial charge >= 0.3 is 0 Å². The van der Waals surface area contributed by atoms with Crippen LogP contribution in [0.5, 0.6) is 0 Å². The highest BCUT2D eigenvalue weighted by molar-refractivity contribution is 8.18. The van der Waals surface area contributed by atoms with E-state index in [9.17, 15) is 9.59 Å². The van der Waals surface area contributed by atoms with Crippen molar-refractivity contribution in [3.8, 4) is 0 Å². The number of imide groups is 1. The first-order valence-corrected chi connectivity index (χ1v) is 8.17. The first-order chi connectivity index (χ1) is 10.7. The second-order valence-corrected chi connectivity index (χ2v) is 6.10. The third-order valence-electron chi connectivity index (χ3n) is 3.60. The second kappa shape index (κ2) is 7.66. The van der Waals surface area contributed by atoms with Crippen LogP contribution < -0.4 is 0 Å². The molecule has 0 N–H and O–H groups in total. The van der Waals surface area contributed by atoms with E-state index in [2.05, 4.69) is 4.98 Å². The summed E-state index contributed by atoms with van der Waals surface area (Å²) in [5, 5.41) is -0.176. The monoisotopic (exact) mass is 351 g/mol. The maximum absolute atomic E-state index is 12.3. The molecule has 0 radical (unpaired) electrons. The molecule has 5 nitrogen and oxygen atoms in total. The number of hydrogen-bond acceptors (Lipinski definition) is 4. The number of allylic oxidation sites excluding steroid dienone is 1. The standard InChI is InChI=1S/C16H17N3O2S.ClH/c1-2-3-6-13-15(20)19(16(21)22-13)10-8-12-5-4-7-14-17-9-11-18(12)14;/h4-7,9,11H,2-3,8,10H2,1H3;1H. The van der Waals surface area contributed by atoms with E-state index in [0.717, 1.165) is 35.9 Å². The van der Waals surface area contributed by atoms with Gasteiger partial charge in [-0.15, -0.1) is 12.4 Å². The highest BCUT2D eigenvalue weighted by atomic mass is 35.5. The van der Waals surface area contributed by atoms with Crippen molar-refractivity contribution in [3.05, 3.63) is 47.3 Å². The van der Waals surface area contributed by atoms with Crippen molar-refractivity contribution in [2.45, 2.75) is 26.2 Å². The topological polar surface area (TPSA) is 54.7 Å². The predicted octanol–water partition coefficient (Wildman–Crippen LogP) is 3.68. The van der Waals surface area contributed by atoms with Crippen LogP contribution in [0.3, 0.4) is 0 Å². The fourth-order valence-electron chi connectivity index (χ4n) is 2.44. The van der Waals surface area contributed by atoms with Crippen molar-refractivity contribution in [2.75, 3.05) is 6.54 Å². The van der Waals surface area contributed by atoms with Crippen LogP contribution in [0.1, 0.15) is 25.5 Å². The largest absolute Gasteiger partial charge is 0.304 e. The lowest BCUT2D eigenvalue weighted by Gasteiger charge is -2.13. The van der Waals surface area contributed by atoms with Crippen LogP contribution in [0.15, 0.2) is 41.6 Å². The number of pyridine rings is 1. The summed E-state index contributed by atoms with van der Waals surface area (Å²) in [5.41, 5.74) is 1.90. The van der Waals surface area contributed by atoms with E-state index in [1.165, 1.54) is 4.90 Å². The van der Waals surface area contributed by atoms with Crippen molar-refractivity contribution in [1.29, 1.82) is 0 Å². The number of thioether (sulfide) groups is 1. The summed E-state index contributed by atoms with van der Waals surface area (Å²) >= 11 is 1.04. The molecule has 122 valence electrons. The minimum Gasteiger partial charge on any atom is -0.304 e. The van der Waals surface area contributed by atoms with Crippen LogP contribution in [-0.2, 0) is 11.2 Å². The number of aromatic nitrogens is 2. The zero-order valence-corrected chi connectivity index (χ0v) is 14.4. The molecule has 3 heterocycles. The predicted molar refractivity (Wildman–Crippen MR) is 93.8 cm³/mol. The van der Waals surface area contributed by atoms with Gasteiger partial charge in [-0.05, 0) is 30.3 Å². The van der Waals surface area contributed by atoms with E-state index >= 15 is 0 Å². The van der Waals surface area contributed by atoms with Gasteiger partial charge in [-0.3, -0.25) is 14.5 Å². The van der Waals surface area contributed by atoms with E-state index in [1.807, 2.05) is 41.8 Å². The molecule has 1 aliphatic heterocycles. The molecule has 2 amide bonds. The van der Waals surface area contributed by atoms with Gasteiger partial charge in [0.15, 0.2) is 0 Å². The Hall–Kier alpha value is -1.79. The van der Waals surface area contributed by atoms with Crippen LogP contribution in [-0.4, -0.2) is 32.0 Å². The molecule has 7 heteroatoms. The first-order valence-electron chi connectivity index (χ1n) is 7.35. The maximum Gasteiger partial charge on any atom is 0.293 e. The Kier molecular flexibility index (Phi) is 5.85. The van der Waals surface area contributed by atoms with E-state index in [0.29, 0.717) is 17.9 Å². The van der Waals surface area contributed by atoms with Crippen molar-refractivity contribution < 1.29 is 9.59 Å². The molecular weight excluding hydrogens is 334 g/mol. The Balaban J connectivity index is 0.00000192. The minimum atomic E-state index is -0.176. The number of unbranched alkanes of at least 4 members (excludes halogenated alkanes) is 1. The van der Waals surface area contributed by atoms with Gasteiger partial charge in [0, 0.05) is 31.1 Å². The number of rotatable bonds is 5. The number of hydrogen-bond donors (Lipinski definition) is 0. The zero-order chi connectivity index (χ0) is 15.5. The number of fused-ring (bicyclic) bond motifs is 1. The van der Waals surface area contributed by atoms with Crippen molar-refractivity contribution in [1.82, 2.24) is 14.3 Å². The molecule has 2 aromatic rings. The molecule has 3 rings (SSSR count). The molecule has 0 atom stereocenters. The number of halogens is 1. The fourth-order valence-corrected chi connectivity index (χ4v) is 3.31. The van der Waals surface area contributed by atoms with Gasteiger partial charge in [0.1, 0.15) is 5.65 Å². The Bertz CT molecular complexity index is 757. The molecule has 0 aromatic carbocycles. The first kappa shape index (κ1) is 17.6. The number of carbonyl (C=O) groups is 2. The normalized spacial score (nSPS) is 16.4. The quantitative estimate of drug-likeness (QED) is 0.771. The van der Waals surface area contributed by atoms with Crippen molar-refractivity contribution >= 4 is 41.0 Å². The number of imidazole rings is 1.